The van der Waals surface area contributed by atoms with Crippen molar-refractivity contribution in [3.05, 3.63) is 35.9 Å². The summed E-state index contributed by atoms with van der Waals surface area (Å²) in [6, 6.07) is 8.06. The van der Waals surface area contributed by atoms with Gasteiger partial charge in [-0.1, -0.05) is 30.3 Å². The molecule has 0 amide bonds. The highest BCUT2D eigenvalue weighted by Crippen LogP contribution is 2.28. The van der Waals surface area contributed by atoms with E-state index in [1.807, 2.05) is 0 Å². The Morgan fingerprint density at radius 2 is 1.67 bits per heavy atom. The van der Waals surface area contributed by atoms with E-state index in [-0.39, 0.29) is 6.42 Å². The fraction of sp³-hybridized carbons (Fsp3) is 0.417. The molecule has 0 aliphatic rings. The monoisotopic (exact) mass is 262 g/mol. The lowest BCUT2D eigenvalue weighted by atomic mass is 9.90. The van der Waals surface area contributed by atoms with Gasteiger partial charge in [-0.2, -0.15) is 13.2 Å². The van der Waals surface area contributed by atoms with E-state index in [2.05, 4.69) is 0 Å². The van der Waals surface area contributed by atoms with Crippen LogP contribution in [0.25, 0.3) is 0 Å². The van der Waals surface area contributed by atoms with Crippen molar-refractivity contribution in [1.29, 1.82) is 0 Å². The molecule has 0 aliphatic heterocycles. The molecule has 0 aliphatic carbocycles. The molecule has 0 bridgehead atoms. The first-order chi connectivity index (χ1) is 8.23. The van der Waals surface area contributed by atoms with Crippen molar-refractivity contribution < 1.29 is 28.2 Å². The van der Waals surface area contributed by atoms with Crippen LogP contribution in [0.1, 0.15) is 18.4 Å². The molecule has 2 N–H and O–H groups in total. The normalized spacial score (nSPS) is 15.1. The summed E-state index contributed by atoms with van der Waals surface area (Å²) in [7, 11) is 0. The second-order valence-corrected chi connectivity index (χ2v) is 4.11. The van der Waals surface area contributed by atoms with Crippen LogP contribution in [-0.2, 0) is 11.2 Å². The highest BCUT2D eigenvalue weighted by Gasteiger charge is 2.40. The number of aliphatic carboxylic acids is 1. The molecule has 100 valence electrons. The van der Waals surface area contributed by atoms with Crippen molar-refractivity contribution in [2.45, 2.75) is 31.0 Å². The third-order valence-electron chi connectivity index (χ3n) is 2.56. The minimum atomic E-state index is -4.49. The largest absolute Gasteiger partial charge is 0.479 e. The van der Waals surface area contributed by atoms with Gasteiger partial charge in [-0.05, 0) is 12.0 Å². The molecule has 18 heavy (non-hydrogen) atoms. The molecule has 0 fully saturated rings. The van der Waals surface area contributed by atoms with Crippen LogP contribution in [0.5, 0.6) is 0 Å². The van der Waals surface area contributed by atoms with Crippen LogP contribution < -0.4 is 0 Å². The second-order valence-electron chi connectivity index (χ2n) is 4.11. The highest BCUT2D eigenvalue weighted by molar-refractivity contribution is 5.77. The number of aliphatic hydroxyl groups is 1. The number of hydrogen-bond acceptors (Lipinski definition) is 2. The standard InChI is InChI=1S/C12H13F3O3/c13-12(14,15)7-6-11(18,10(16)17)8-9-4-2-1-3-5-9/h1-5,18H,6-8H2,(H,16,17)/t11-/m1/s1. The number of benzene rings is 1. The minimum Gasteiger partial charge on any atom is -0.479 e. The van der Waals surface area contributed by atoms with Crippen molar-refractivity contribution in [3.8, 4) is 0 Å². The first kappa shape index (κ1) is 14.5. The number of carbonyl (C=O) groups is 1. The summed E-state index contributed by atoms with van der Waals surface area (Å²) in [4.78, 5) is 10.9. The Hall–Kier alpha value is -1.56. The van der Waals surface area contributed by atoms with Crippen molar-refractivity contribution in [2.24, 2.45) is 0 Å². The van der Waals surface area contributed by atoms with Crippen LogP contribution in [0.2, 0.25) is 0 Å². The molecule has 1 atom stereocenters. The number of halogens is 3. The van der Waals surface area contributed by atoms with E-state index in [9.17, 15) is 23.1 Å². The maximum absolute atomic E-state index is 12.1. The molecular formula is C12H13F3O3. The molecular weight excluding hydrogens is 249 g/mol. The van der Waals surface area contributed by atoms with Crippen LogP contribution in [-0.4, -0.2) is 28.0 Å². The highest BCUT2D eigenvalue weighted by atomic mass is 19.4. The van der Waals surface area contributed by atoms with Crippen molar-refractivity contribution in [2.75, 3.05) is 0 Å². The van der Waals surface area contributed by atoms with E-state index in [4.69, 9.17) is 5.11 Å². The van der Waals surface area contributed by atoms with Gasteiger partial charge in [0.1, 0.15) is 0 Å². The van der Waals surface area contributed by atoms with Gasteiger partial charge in [0.25, 0.3) is 0 Å². The third-order valence-corrected chi connectivity index (χ3v) is 2.56. The van der Waals surface area contributed by atoms with E-state index >= 15 is 0 Å². The zero-order chi connectivity index (χ0) is 13.8. The average Bonchev–Trinajstić information content (AvgIpc) is 2.27. The summed E-state index contributed by atoms with van der Waals surface area (Å²) in [6.07, 6.45) is -7.03. The van der Waals surface area contributed by atoms with E-state index in [0.29, 0.717) is 5.56 Å². The summed E-state index contributed by atoms with van der Waals surface area (Å²) in [5.74, 6) is -1.64. The lowest BCUT2D eigenvalue weighted by Gasteiger charge is -2.24. The Kier molecular flexibility index (Phi) is 4.34. The van der Waals surface area contributed by atoms with E-state index < -0.39 is 30.6 Å². The predicted octanol–water partition coefficient (Wildman–Crippen LogP) is 2.39. The summed E-state index contributed by atoms with van der Waals surface area (Å²) >= 11 is 0. The molecule has 1 rings (SSSR count). The molecule has 0 aromatic heterocycles. The van der Waals surface area contributed by atoms with Gasteiger partial charge in [0, 0.05) is 12.8 Å². The van der Waals surface area contributed by atoms with E-state index in [1.165, 1.54) is 0 Å². The predicted molar refractivity (Wildman–Crippen MR) is 58.0 cm³/mol. The maximum atomic E-state index is 12.1. The Labute approximate surface area is 102 Å². The molecule has 0 unspecified atom stereocenters. The van der Waals surface area contributed by atoms with Crippen molar-refractivity contribution in [3.63, 3.8) is 0 Å². The number of alkyl halides is 3. The summed E-state index contributed by atoms with van der Waals surface area (Å²) in [6.45, 7) is 0. The van der Waals surface area contributed by atoms with Crippen LogP contribution >= 0.6 is 0 Å². The van der Waals surface area contributed by atoms with Gasteiger partial charge in [-0.15, -0.1) is 0 Å². The van der Waals surface area contributed by atoms with Crippen LogP contribution in [0.4, 0.5) is 13.2 Å². The molecule has 0 saturated heterocycles. The molecule has 3 nitrogen and oxygen atoms in total. The molecule has 1 aromatic carbocycles. The minimum absolute atomic E-state index is 0.348. The van der Waals surface area contributed by atoms with Crippen molar-refractivity contribution in [1.82, 2.24) is 0 Å². The number of carboxylic acids is 1. The smallest absolute Gasteiger partial charge is 0.389 e. The Morgan fingerprint density at radius 3 is 2.11 bits per heavy atom. The Bertz CT molecular complexity index is 403. The van der Waals surface area contributed by atoms with Gasteiger partial charge < -0.3 is 10.2 Å². The van der Waals surface area contributed by atoms with Gasteiger partial charge in [0.15, 0.2) is 5.60 Å². The molecule has 0 heterocycles. The Balaban J connectivity index is 2.78. The van der Waals surface area contributed by atoms with Crippen molar-refractivity contribution >= 4 is 5.97 Å². The number of hydrogen-bond donors (Lipinski definition) is 2. The van der Waals surface area contributed by atoms with Gasteiger partial charge in [0.2, 0.25) is 0 Å². The molecule has 0 radical (unpaired) electrons. The first-order valence-corrected chi connectivity index (χ1v) is 5.29. The molecule has 1 aromatic rings. The topological polar surface area (TPSA) is 57.5 Å². The second kappa shape index (κ2) is 5.39. The Morgan fingerprint density at radius 1 is 1.11 bits per heavy atom. The van der Waals surface area contributed by atoms with Gasteiger partial charge in [-0.25, -0.2) is 4.79 Å². The van der Waals surface area contributed by atoms with Crippen LogP contribution in [0.3, 0.4) is 0 Å². The fourth-order valence-corrected chi connectivity index (χ4v) is 1.55. The molecule has 0 spiro atoms. The maximum Gasteiger partial charge on any atom is 0.389 e. The van der Waals surface area contributed by atoms with E-state index in [1.54, 1.807) is 30.3 Å². The quantitative estimate of drug-likeness (QED) is 0.856. The molecule has 6 heteroatoms. The van der Waals surface area contributed by atoms with E-state index in [0.717, 1.165) is 0 Å². The van der Waals surface area contributed by atoms with Crippen LogP contribution in [0, 0.1) is 0 Å². The SMILES string of the molecule is O=C(O)[C@@](O)(CCC(F)(F)F)Cc1ccccc1. The zero-order valence-electron chi connectivity index (χ0n) is 9.44. The van der Waals surface area contributed by atoms with Gasteiger partial charge in [0.05, 0.1) is 0 Å². The molecule has 0 saturated carbocycles. The average molecular weight is 262 g/mol. The summed E-state index contributed by atoms with van der Waals surface area (Å²) in [5, 5.41) is 18.7. The number of carboxylic acid groups (broad SMARTS) is 1. The first-order valence-electron chi connectivity index (χ1n) is 5.29. The number of rotatable bonds is 5. The summed E-state index contributed by atoms with van der Waals surface area (Å²) in [5.41, 5.74) is -1.92. The van der Waals surface area contributed by atoms with Crippen LogP contribution in [0.15, 0.2) is 30.3 Å². The van der Waals surface area contributed by atoms with Gasteiger partial charge >= 0.3 is 12.1 Å². The summed E-state index contributed by atoms with van der Waals surface area (Å²) < 4.78 is 36.3. The zero-order valence-corrected chi connectivity index (χ0v) is 9.44. The third kappa shape index (κ3) is 4.37. The lowest BCUT2D eigenvalue weighted by molar-refractivity contribution is -0.169. The fourth-order valence-electron chi connectivity index (χ4n) is 1.55. The lowest BCUT2D eigenvalue weighted by Crippen LogP contribution is -2.41. The van der Waals surface area contributed by atoms with Gasteiger partial charge in [-0.3, -0.25) is 0 Å².